The number of carbonyl (C=O) groups is 1. The van der Waals surface area contributed by atoms with Crippen LogP contribution in [-0.2, 0) is 10.0 Å². The van der Waals surface area contributed by atoms with Gasteiger partial charge >= 0.3 is 0 Å². The molecule has 168 valence electrons. The van der Waals surface area contributed by atoms with Gasteiger partial charge in [0.25, 0.3) is 15.9 Å². The molecule has 0 spiro atoms. The van der Waals surface area contributed by atoms with Crippen LogP contribution in [-0.4, -0.2) is 38.9 Å². The van der Waals surface area contributed by atoms with Crippen LogP contribution in [0.2, 0.25) is 0 Å². The predicted octanol–water partition coefficient (Wildman–Crippen LogP) is 4.04. The molecule has 2 aromatic carbocycles. The molecule has 1 fully saturated rings. The van der Waals surface area contributed by atoms with Gasteiger partial charge in [-0.1, -0.05) is 24.6 Å². The van der Waals surface area contributed by atoms with Gasteiger partial charge in [0.05, 0.1) is 17.2 Å². The van der Waals surface area contributed by atoms with Crippen LogP contribution < -0.4 is 10.0 Å². The van der Waals surface area contributed by atoms with Crippen LogP contribution in [0.15, 0.2) is 82.3 Å². The summed E-state index contributed by atoms with van der Waals surface area (Å²) in [6.45, 7) is 2.37. The van der Waals surface area contributed by atoms with E-state index in [0.717, 1.165) is 31.7 Å². The summed E-state index contributed by atoms with van der Waals surface area (Å²) in [5, 5.41) is 2.98. The maximum atomic E-state index is 12.7. The Morgan fingerprint density at radius 1 is 0.938 bits per heavy atom. The molecule has 1 amide bonds. The Morgan fingerprint density at radius 3 is 2.31 bits per heavy atom. The third-order valence-corrected chi connectivity index (χ3v) is 7.01. The first-order valence-corrected chi connectivity index (χ1v) is 12.2. The van der Waals surface area contributed by atoms with Gasteiger partial charge in [-0.3, -0.25) is 14.4 Å². The highest BCUT2D eigenvalue weighted by Gasteiger charge is 2.25. The Balaban J connectivity index is 1.41. The largest absolute Gasteiger partial charge is 0.468 e. The molecule has 0 aliphatic carbocycles. The Hall–Kier alpha value is -3.10. The lowest BCUT2D eigenvalue weighted by molar-refractivity contribution is 0.0914. The van der Waals surface area contributed by atoms with Gasteiger partial charge in [0.15, 0.2) is 0 Å². The summed E-state index contributed by atoms with van der Waals surface area (Å²) in [5.74, 6) is 0.583. The number of furan rings is 1. The van der Waals surface area contributed by atoms with Gasteiger partial charge in [0.2, 0.25) is 0 Å². The lowest BCUT2D eigenvalue weighted by atomic mass is 10.1. The minimum absolute atomic E-state index is 0.0241. The number of amides is 1. The second-order valence-corrected chi connectivity index (χ2v) is 9.52. The van der Waals surface area contributed by atoms with Crippen molar-refractivity contribution in [3.63, 3.8) is 0 Å². The summed E-state index contributed by atoms with van der Waals surface area (Å²) in [6, 6.07) is 18.4. The number of anilines is 1. The van der Waals surface area contributed by atoms with Crippen LogP contribution in [0, 0.1) is 0 Å². The van der Waals surface area contributed by atoms with Crippen LogP contribution in [0.25, 0.3) is 0 Å². The second kappa shape index (κ2) is 10.0. The average molecular weight is 454 g/mol. The SMILES string of the molecule is O=C(NC[C@@H](c1ccco1)N1CCCCC1)c1ccc(S(=O)(=O)Nc2ccccc2)cc1. The van der Waals surface area contributed by atoms with E-state index in [4.69, 9.17) is 4.42 Å². The first-order valence-electron chi connectivity index (χ1n) is 10.8. The first-order chi connectivity index (χ1) is 15.5. The third-order valence-electron chi connectivity index (χ3n) is 5.61. The van der Waals surface area contributed by atoms with Crippen molar-refractivity contribution in [1.29, 1.82) is 0 Å². The number of nitrogens with one attached hydrogen (secondary N) is 2. The molecule has 4 rings (SSSR count). The van der Waals surface area contributed by atoms with E-state index in [0.29, 0.717) is 17.8 Å². The summed E-state index contributed by atoms with van der Waals surface area (Å²) in [6.07, 6.45) is 5.15. The number of carbonyl (C=O) groups excluding carboxylic acids is 1. The topological polar surface area (TPSA) is 91.7 Å². The molecule has 2 N–H and O–H groups in total. The van der Waals surface area contributed by atoms with Crippen molar-refractivity contribution in [3.05, 3.63) is 84.3 Å². The zero-order valence-electron chi connectivity index (χ0n) is 17.7. The van der Waals surface area contributed by atoms with E-state index < -0.39 is 10.0 Å². The molecule has 0 saturated carbocycles. The van der Waals surface area contributed by atoms with Gasteiger partial charge in [-0.2, -0.15) is 0 Å². The highest BCUT2D eigenvalue weighted by Crippen LogP contribution is 2.24. The molecule has 1 aliphatic heterocycles. The van der Waals surface area contributed by atoms with Gasteiger partial charge in [-0.05, 0) is 74.5 Å². The molecule has 2 heterocycles. The number of nitrogens with zero attached hydrogens (tertiary/aromatic N) is 1. The zero-order valence-corrected chi connectivity index (χ0v) is 18.6. The highest BCUT2D eigenvalue weighted by atomic mass is 32.2. The quantitative estimate of drug-likeness (QED) is 0.537. The fourth-order valence-corrected chi connectivity index (χ4v) is 4.98. The number of rotatable bonds is 8. The lowest BCUT2D eigenvalue weighted by Crippen LogP contribution is -2.40. The van der Waals surface area contributed by atoms with Gasteiger partial charge in [-0.15, -0.1) is 0 Å². The first kappa shape index (κ1) is 22.1. The predicted molar refractivity (Wildman–Crippen MR) is 123 cm³/mol. The monoisotopic (exact) mass is 453 g/mol. The summed E-state index contributed by atoms with van der Waals surface area (Å²) in [5.41, 5.74) is 0.886. The van der Waals surface area contributed by atoms with E-state index in [1.54, 1.807) is 30.5 Å². The summed E-state index contributed by atoms with van der Waals surface area (Å²) >= 11 is 0. The number of piperidine rings is 1. The Bertz CT molecular complexity index is 1110. The molecule has 0 bridgehead atoms. The third kappa shape index (κ3) is 5.38. The average Bonchev–Trinajstić information content (AvgIpc) is 3.35. The smallest absolute Gasteiger partial charge is 0.261 e. The lowest BCUT2D eigenvalue weighted by Gasteiger charge is -2.33. The van der Waals surface area contributed by atoms with Gasteiger partial charge in [-0.25, -0.2) is 8.42 Å². The van der Waals surface area contributed by atoms with Crippen molar-refractivity contribution in [1.82, 2.24) is 10.2 Å². The van der Waals surface area contributed by atoms with E-state index in [2.05, 4.69) is 14.9 Å². The maximum absolute atomic E-state index is 12.7. The fraction of sp³-hybridized carbons (Fsp3) is 0.292. The van der Waals surface area contributed by atoms with Crippen molar-refractivity contribution in [2.24, 2.45) is 0 Å². The number of hydrogen-bond donors (Lipinski definition) is 2. The molecule has 0 unspecified atom stereocenters. The molecule has 1 saturated heterocycles. The fourth-order valence-electron chi connectivity index (χ4n) is 3.92. The summed E-state index contributed by atoms with van der Waals surface area (Å²) < 4.78 is 33.3. The normalized spacial score (nSPS) is 15.8. The molecule has 1 aliphatic rings. The maximum Gasteiger partial charge on any atom is 0.261 e. The van der Waals surface area contributed by atoms with Crippen LogP contribution in [0.3, 0.4) is 0 Å². The van der Waals surface area contributed by atoms with Gasteiger partial charge in [0, 0.05) is 17.8 Å². The molecule has 3 aromatic rings. The van der Waals surface area contributed by atoms with E-state index >= 15 is 0 Å². The molecular formula is C24H27N3O4S. The van der Waals surface area contributed by atoms with Crippen LogP contribution in [0.4, 0.5) is 5.69 Å². The van der Waals surface area contributed by atoms with E-state index in [9.17, 15) is 13.2 Å². The number of likely N-dealkylation sites (tertiary alicyclic amines) is 1. The minimum atomic E-state index is -3.73. The van der Waals surface area contributed by atoms with Crippen LogP contribution in [0.1, 0.15) is 41.4 Å². The van der Waals surface area contributed by atoms with Crippen molar-refractivity contribution in [2.45, 2.75) is 30.2 Å². The Kier molecular flexibility index (Phi) is 6.92. The number of para-hydroxylation sites is 1. The van der Waals surface area contributed by atoms with Crippen molar-refractivity contribution in [2.75, 3.05) is 24.4 Å². The van der Waals surface area contributed by atoms with Gasteiger partial charge < -0.3 is 9.73 Å². The second-order valence-electron chi connectivity index (χ2n) is 7.83. The van der Waals surface area contributed by atoms with Crippen molar-refractivity contribution < 1.29 is 17.6 Å². The highest BCUT2D eigenvalue weighted by molar-refractivity contribution is 7.92. The standard InChI is InChI=1S/C24H27N3O4S/c28-24(25-18-22(23-10-7-17-31-23)27-15-5-2-6-16-27)19-11-13-21(14-12-19)32(29,30)26-20-8-3-1-4-9-20/h1,3-4,7-14,17,22,26H,2,5-6,15-16,18H2,(H,25,28)/t22-/m0/s1. The minimum Gasteiger partial charge on any atom is -0.468 e. The van der Waals surface area contributed by atoms with Crippen LogP contribution in [0.5, 0.6) is 0 Å². The molecule has 1 aromatic heterocycles. The number of hydrogen-bond acceptors (Lipinski definition) is 5. The molecular weight excluding hydrogens is 426 g/mol. The van der Waals surface area contributed by atoms with Gasteiger partial charge in [0.1, 0.15) is 5.76 Å². The summed E-state index contributed by atoms with van der Waals surface area (Å²) in [7, 11) is -3.73. The Labute approximate surface area is 188 Å². The zero-order chi connectivity index (χ0) is 22.4. The number of benzene rings is 2. The molecule has 8 heteroatoms. The summed E-state index contributed by atoms with van der Waals surface area (Å²) in [4.78, 5) is 15.2. The molecule has 7 nitrogen and oxygen atoms in total. The molecule has 32 heavy (non-hydrogen) atoms. The van der Waals surface area contributed by atoms with Crippen molar-refractivity contribution in [3.8, 4) is 0 Å². The molecule has 1 atom stereocenters. The van der Waals surface area contributed by atoms with E-state index in [-0.39, 0.29) is 16.8 Å². The van der Waals surface area contributed by atoms with Crippen molar-refractivity contribution >= 4 is 21.6 Å². The van der Waals surface area contributed by atoms with Crippen LogP contribution >= 0.6 is 0 Å². The van der Waals surface area contributed by atoms with E-state index in [1.807, 2.05) is 18.2 Å². The Morgan fingerprint density at radius 2 is 1.66 bits per heavy atom. The van der Waals surface area contributed by atoms with E-state index in [1.165, 1.54) is 30.7 Å². The molecule has 0 radical (unpaired) electrons. The number of sulfonamides is 1.